The number of halogens is 7. The van der Waals surface area contributed by atoms with E-state index >= 15 is 0 Å². The van der Waals surface area contributed by atoms with Crippen molar-refractivity contribution in [3.63, 3.8) is 0 Å². The van der Waals surface area contributed by atoms with Crippen LogP contribution in [0.4, 0.5) is 22.0 Å². The average Bonchev–Trinajstić information content (AvgIpc) is 2.97. The van der Waals surface area contributed by atoms with E-state index in [4.69, 9.17) is 27.9 Å². The molecule has 1 aromatic carbocycles. The number of benzene rings is 1. The summed E-state index contributed by atoms with van der Waals surface area (Å²) < 4.78 is 71.8. The molecule has 1 aliphatic carbocycles. The van der Waals surface area contributed by atoms with Gasteiger partial charge in [0.15, 0.2) is 0 Å². The van der Waals surface area contributed by atoms with Crippen LogP contribution < -0.4 is 21.3 Å². The molecule has 0 aromatic heterocycles. The van der Waals surface area contributed by atoms with Crippen LogP contribution in [0.3, 0.4) is 0 Å². The van der Waals surface area contributed by atoms with Gasteiger partial charge in [-0.3, -0.25) is 24.0 Å². The van der Waals surface area contributed by atoms with E-state index in [1.165, 1.54) is 58.2 Å². The fourth-order valence-corrected chi connectivity index (χ4v) is 4.42. The normalized spacial score (nSPS) is 17.0. The van der Waals surface area contributed by atoms with Gasteiger partial charge < -0.3 is 26.0 Å². The molecular weight excluding hydrogens is 654 g/mol. The van der Waals surface area contributed by atoms with Crippen LogP contribution in [-0.4, -0.2) is 73.3 Å². The van der Waals surface area contributed by atoms with Gasteiger partial charge in [-0.05, 0) is 49.6 Å². The van der Waals surface area contributed by atoms with Crippen LogP contribution in [0.5, 0.6) is 0 Å². The highest BCUT2D eigenvalue weighted by Crippen LogP contribution is 2.25. The van der Waals surface area contributed by atoms with Crippen molar-refractivity contribution >= 4 is 52.6 Å². The molecule has 1 aromatic rings. The number of ether oxygens (including phenoxy) is 1. The summed E-state index contributed by atoms with van der Waals surface area (Å²) in [6.07, 6.45) is -0.366. The fourth-order valence-electron chi connectivity index (χ4n) is 4.05. The number of methoxy groups -OCH3 is 1. The zero-order chi connectivity index (χ0) is 34.3. The molecule has 0 radical (unpaired) electrons. The highest BCUT2D eigenvalue weighted by atomic mass is 35.5. The molecule has 1 unspecified atom stereocenters. The molecule has 17 heteroatoms. The lowest BCUT2D eigenvalue weighted by Crippen LogP contribution is -2.61. The molecule has 4 atom stereocenters. The Morgan fingerprint density at radius 2 is 1.62 bits per heavy atom. The van der Waals surface area contributed by atoms with Crippen molar-refractivity contribution < 1.29 is 50.7 Å². The lowest BCUT2D eigenvalue weighted by molar-refractivity contribution is -0.165. The number of nitrogens with one attached hydrogen (secondary N) is 4. The second kappa shape index (κ2) is 15.5. The molecule has 248 valence electrons. The first kappa shape index (κ1) is 37.5. The van der Waals surface area contributed by atoms with Crippen molar-refractivity contribution in [1.29, 1.82) is 0 Å². The number of carbonyl (C=O) groups is 5. The zero-order valence-electron chi connectivity index (χ0n) is 24.4. The highest BCUT2D eigenvalue weighted by molar-refractivity contribution is 6.35. The van der Waals surface area contributed by atoms with Crippen molar-refractivity contribution in [1.82, 2.24) is 21.3 Å². The van der Waals surface area contributed by atoms with Gasteiger partial charge in [0.25, 0.3) is 11.8 Å². The maximum atomic E-state index is 14.7. The second-order valence-electron chi connectivity index (χ2n) is 10.3. The number of carbonyl (C=O) groups excluding carboxylic acids is 5. The lowest BCUT2D eigenvalue weighted by atomic mass is 9.89. The third-order valence-electron chi connectivity index (χ3n) is 6.55. The minimum absolute atomic E-state index is 0.0379. The summed E-state index contributed by atoms with van der Waals surface area (Å²) in [6.45, 7) is 1.70. The standard InChI is InChI=1S/C28H31Cl2F5N4O6/c1-13(2)20(22(40)28(34,35)26(44)36-12-27(31,32)33)38-25(43)21(15-5-8-17(45-4)9-6-15)39-23(41)14(3)37-24(42)18-11-16(29)7-10-19(18)30/h5,7-11,13-15,20-21H,6,12H2,1-4H3,(H,36,44)(H,37,42)(H,38,43)(H,39,41)/t14-,15?,20-,21-/m0/s1. The van der Waals surface area contributed by atoms with E-state index in [9.17, 15) is 45.9 Å². The lowest BCUT2D eigenvalue weighted by Gasteiger charge is -2.31. The first-order valence-electron chi connectivity index (χ1n) is 13.3. The van der Waals surface area contributed by atoms with Gasteiger partial charge in [-0.25, -0.2) is 0 Å². The number of hydrogen-bond donors (Lipinski definition) is 4. The molecule has 0 bridgehead atoms. The topological polar surface area (TPSA) is 143 Å². The Balaban J connectivity index is 2.29. The van der Waals surface area contributed by atoms with Crippen LogP contribution in [0, 0.1) is 11.8 Å². The van der Waals surface area contributed by atoms with Crippen LogP contribution in [0.25, 0.3) is 0 Å². The van der Waals surface area contributed by atoms with Crippen molar-refractivity contribution in [2.75, 3.05) is 13.7 Å². The minimum Gasteiger partial charge on any atom is -0.497 e. The van der Waals surface area contributed by atoms with E-state index < -0.39 is 78.0 Å². The average molecular weight is 685 g/mol. The Kier molecular flexibility index (Phi) is 12.9. The smallest absolute Gasteiger partial charge is 0.405 e. The summed E-state index contributed by atoms with van der Waals surface area (Å²) in [7, 11) is 1.39. The molecule has 0 spiro atoms. The highest BCUT2D eigenvalue weighted by Gasteiger charge is 2.52. The van der Waals surface area contributed by atoms with Gasteiger partial charge in [0.1, 0.15) is 24.4 Å². The van der Waals surface area contributed by atoms with E-state index in [1.807, 2.05) is 0 Å². The molecule has 0 saturated carbocycles. The summed E-state index contributed by atoms with van der Waals surface area (Å²) >= 11 is 12.0. The second-order valence-corrected chi connectivity index (χ2v) is 11.2. The Labute approximate surface area is 265 Å². The Morgan fingerprint density at radius 3 is 2.16 bits per heavy atom. The van der Waals surface area contributed by atoms with Crippen LogP contribution in [0.2, 0.25) is 10.0 Å². The molecule has 1 aliphatic rings. The van der Waals surface area contributed by atoms with Gasteiger partial charge in [-0.2, -0.15) is 22.0 Å². The predicted octanol–water partition coefficient (Wildman–Crippen LogP) is 3.73. The molecule has 0 fully saturated rings. The van der Waals surface area contributed by atoms with Gasteiger partial charge in [0, 0.05) is 10.9 Å². The van der Waals surface area contributed by atoms with E-state index in [0.29, 0.717) is 5.76 Å². The SMILES string of the molecule is COC1=CCC([C@H](NC(=O)[C@H](C)NC(=O)c2cc(Cl)ccc2Cl)C(=O)N[C@H](C(=O)C(F)(F)C(=O)NCC(F)(F)F)C(C)C)C=C1. The van der Waals surface area contributed by atoms with Gasteiger partial charge in [0.2, 0.25) is 17.6 Å². The summed E-state index contributed by atoms with van der Waals surface area (Å²) in [5, 5.41) is 8.15. The number of alkyl halides is 5. The van der Waals surface area contributed by atoms with Crippen LogP contribution in [0.1, 0.15) is 37.6 Å². The maximum absolute atomic E-state index is 14.7. The molecule has 10 nitrogen and oxygen atoms in total. The summed E-state index contributed by atoms with van der Waals surface area (Å²) in [6, 6.07) is -0.750. The molecular formula is C28H31Cl2F5N4O6. The van der Waals surface area contributed by atoms with Crippen LogP contribution in [-0.2, 0) is 23.9 Å². The van der Waals surface area contributed by atoms with Crippen molar-refractivity contribution in [3.8, 4) is 0 Å². The fraction of sp³-hybridized carbons (Fsp3) is 0.464. The van der Waals surface area contributed by atoms with Crippen molar-refractivity contribution in [3.05, 3.63) is 57.8 Å². The summed E-state index contributed by atoms with van der Waals surface area (Å²) in [5.74, 6) is -13.8. The Bertz CT molecular complexity index is 1370. The van der Waals surface area contributed by atoms with E-state index in [2.05, 4.69) is 16.0 Å². The zero-order valence-corrected chi connectivity index (χ0v) is 25.9. The van der Waals surface area contributed by atoms with E-state index in [0.717, 1.165) is 5.32 Å². The monoisotopic (exact) mass is 684 g/mol. The minimum atomic E-state index is -5.02. The van der Waals surface area contributed by atoms with Crippen molar-refractivity contribution in [2.24, 2.45) is 11.8 Å². The van der Waals surface area contributed by atoms with E-state index in [1.54, 1.807) is 6.08 Å². The van der Waals surface area contributed by atoms with Gasteiger partial charge >= 0.3 is 12.1 Å². The Morgan fingerprint density at radius 1 is 0.978 bits per heavy atom. The number of ketones is 1. The third-order valence-corrected chi connectivity index (χ3v) is 7.11. The van der Waals surface area contributed by atoms with Crippen LogP contribution >= 0.6 is 23.2 Å². The van der Waals surface area contributed by atoms with Crippen molar-refractivity contribution in [2.45, 2.75) is 57.4 Å². The first-order valence-corrected chi connectivity index (χ1v) is 14.1. The molecule has 4 amide bonds. The molecule has 0 aliphatic heterocycles. The summed E-state index contributed by atoms with van der Waals surface area (Å²) in [4.78, 5) is 63.9. The quantitative estimate of drug-likeness (QED) is 0.184. The molecule has 0 heterocycles. The maximum Gasteiger partial charge on any atom is 0.405 e. The molecule has 0 saturated heterocycles. The number of Topliss-reactive ketones (excluding diaryl/α,β-unsaturated/α-hetero) is 1. The first-order chi connectivity index (χ1) is 20.8. The summed E-state index contributed by atoms with van der Waals surface area (Å²) in [5.41, 5.74) is -0.0379. The number of allylic oxidation sites excluding steroid dienone is 2. The predicted molar refractivity (Wildman–Crippen MR) is 153 cm³/mol. The molecule has 2 rings (SSSR count). The Hall–Kier alpha value is -3.72. The molecule has 45 heavy (non-hydrogen) atoms. The number of amides is 4. The molecule has 4 N–H and O–H groups in total. The number of hydrogen-bond acceptors (Lipinski definition) is 6. The van der Waals surface area contributed by atoms with Gasteiger partial charge in [-0.1, -0.05) is 43.1 Å². The van der Waals surface area contributed by atoms with Gasteiger partial charge in [-0.15, -0.1) is 0 Å². The number of rotatable bonds is 13. The third kappa shape index (κ3) is 10.4. The largest absolute Gasteiger partial charge is 0.497 e. The van der Waals surface area contributed by atoms with Gasteiger partial charge in [0.05, 0.1) is 23.7 Å². The van der Waals surface area contributed by atoms with E-state index in [-0.39, 0.29) is 22.0 Å². The van der Waals surface area contributed by atoms with Crippen LogP contribution in [0.15, 0.2) is 42.2 Å².